The minimum atomic E-state index is -0.555. The van der Waals surface area contributed by atoms with Crippen LogP contribution in [0.3, 0.4) is 0 Å². The zero-order chi connectivity index (χ0) is 19.6. The maximum atomic E-state index is 12.1. The number of rotatable bonds is 4. The molecule has 1 aromatic heterocycles. The number of aromatic nitrogens is 2. The Morgan fingerprint density at radius 1 is 0.963 bits per heavy atom. The number of para-hydroxylation sites is 2. The van der Waals surface area contributed by atoms with Gasteiger partial charge in [0.15, 0.2) is 5.82 Å². The molecule has 0 saturated carbocycles. The number of nitrogens with one attached hydrogen (secondary N) is 3. The number of hydrazine groups is 1. The summed E-state index contributed by atoms with van der Waals surface area (Å²) in [5.74, 6) is 0.313. The van der Waals surface area contributed by atoms with Gasteiger partial charge in [-0.1, -0.05) is 58.5 Å². The summed E-state index contributed by atoms with van der Waals surface area (Å²) in [6, 6.07) is 11.3. The van der Waals surface area contributed by atoms with Crippen molar-refractivity contribution in [1.82, 2.24) is 15.2 Å². The number of hydrogen-bond donors (Lipinski definition) is 3. The number of halogens is 4. The Kier molecular flexibility index (Phi) is 6.01. The number of carbonyl (C=O) groups excluding carboxylic acids is 1. The van der Waals surface area contributed by atoms with Gasteiger partial charge in [-0.25, -0.2) is 9.48 Å². The Labute approximate surface area is 175 Å². The van der Waals surface area contributed by atoms with Crippen LogP contribution in [0, 0.1) is 6.92 Å². The van der Waals surface area contributed by atoms with Crippen LogP contribution in [0.15, 0.2) is 42.5 Å². The molecule has 1 heterocycles. The largest absolute Gasteiger partial charge is 0.339 e. The van der Waals surface area contributed by atoms with Gasteiger partial charge in [0, 0.05) is 11.8 Å². The maximum Gasteiger partial charge on any atom is 0.339 e. The quantitative estimate of drug-likeness (QED) is 0.436. The fourth-order valence-corrected chi connectivity index (χ4v) is 3.39. The van der Waals surface area contributed by atoms with Crippen LogP contribution in [0.5, 0.6) is 0 Å². The van der Waals surface area contributed by atoms with Crippen molar-refractivity contribution in [3.05, 3.63) is 68.2 Å². The molecule has 0 atom stereocenters. The Balaban J connectivity index is 1.73. The molecule has 0 spiro atoms. The molecule has 0 fully saturated rings. The molecule has 0 aliphatic carbocycles. The average molecular weight is 445 g/mol. The van der Waals surface area contributed by atoms with Crippen LogP contribution < -0.4 is 16.2 Å². The van der Waals surface area contributed by atoms with Crippen LogP contribution in [0.25, 0.3) is 5.69 Å². The van der Waals surface area contributed by atoms with Crippen LogP contribution >= 0.6 is 46.4 Å². The number of urea groups is 1. The van der Waals surface area contributed by atoms with Gasteiger partial charge in [-0.15, -0.1) is 5.10 Å². The molecule has 3 rings (SSSR count). The summed E-state index contributed by atoms with van der Waals surface area (Å²) in [5.41, 5.74) is 6.78. The number of nitrogens with zero attached hydrogens (tertiary/aromatic N) is 2. The fourth-order valence-electron chi connectivity index (χ4n) is 2.34. The van der Waals surface area contributed by atoms with E-state index in [2.05, 4.69) is 21.3 Å². The molecule has 10 heteroatoms. The van der Waals surface area contributed by atoms with E-state index in [0.717, 1.165) is 5.69 Å². The SMILES string of the molecule is Cc1cc(NC(=O)NNc2c(Cl)cccc2Cl)nn1-c1c(Cl)cccc1Cl. The Morgan fingerprint density at radius 2 is 1.52 bits per heavy atom. The van der Waals surface area contributed by atoms with E-state index in [1.54, 1.807) is 47.1 Å². The summed E-state index contributed by atoms with van der Waals surface area (Å²) in [6.07, 6.45) is 0. The van der Waals surface area contributed by atoms with Crippen LogP contribution in [-0.4, -0.2) is 15.8 Å². The van der Waals surface area contributed by atoms with Crippen molar-refractivity contribution < 1.29 is 4.79 Å². The zero-order valence-corrected chi connectivity index (χ0v) is 16.9. The third kappa shape index (κ3) is 4.42. The number of carbonyl (C=O) groups is 1. The van der Waals surface area contributed by atoms with E-state index in [1.165, 1.54) is 0 Å². The fraction of sp³-hybridized carbons (Fsp3) is 0.0588. The highest BCUT2D eigenvalue weighted by molar-refractivity contribution is 6.39. The van der Waals surface area contributed by atoms with Gasteiger partial charge in [0.25, 0.3) is 0 Å². The van der Waals surface area contributed by atoms with E-state index in [0.29, 0.717) is 37.3 Å². The van der Waals surface area contributed by atoms with E-state index in [9.17, 15) is 4.79 Å². The topological polar surface area (TPSA) is 71.0 Å². The van der Waals surface area contributed by atoms with Gasteiger partial charge in [-0.05, 0) is 31.2 Å². The second-order valence-electron chi connectivity index (χ2n) is 5.45. The molecular weight excluding hydrogens is 432 g/mol. The van der Waals surface area contributed by atoms with E-state index in [-0.39, 0.29) is 0 Å². The van der Waals surface area contributed by atoms with Gasteiger partial charge in [0.1, 0.15) is 5.69 Å². The standard InChI is InChI=1S/C17H13Cl4N5O/c1-9-8-14(25-26(9)16-12(20)6-3-7-13(16)21)22-17(27)24-23-15-10(18)4-2-5-11(15)19/h2-8,23H,1H3,(H2,22,24,25,27). The van der Waals surface area contributed by atoms with Crippen molar-refractivity contribution in [3.63, 3.8) is 0 Å². The van der Waals surface area contributed by atoms with Crippen molar-refractivity contribution in [2.75, 3.05) is 10.7 Å². The van der Waals surface area contributed by atoms with Crippen molar-refractivity contribution in [3.8, 4) is 5.69 Å². The molecule has 0 saturated heterocycles. The highest BCUT2D eigenvalue weighted by Gasteiger charge is 2.14. The number of amides is 2. The first-order valence-electron chi connectivity index (χ1n) is 7.65. The lowest BCUT2D eigenvalue weighted by molar-refractivity contribution is 0.253. The summed E-state index contributed by atoms with van der Waals surface area (Å²) in [5, 5.41) is 8.56. The predicted molar refractivity (Wildman–Crippen MR) is 111 cm³/mol. The molecule has 0 bridgehead atoms. The third-order valence-electron chi connectivity index (χ3n) is 3.54. The summed E-state index contributed by atoms with van der Waals surface area (Å²) in [6.45, 7) is 1.82. The molecule has 0 aliphatic rings. The molecule has 0 aliphatic heterocycles. The van der Waals surface area contributed by atoms with Crippen molar-refractivity contribution in [2.45, 2.75) is 6.92 Å². The number of benzene rings is 2. The average Bonchev–Trinajstić information content (AvgIpc) is 2.94. The molecule has 3 aromatic rings. The van der Waals surface area contributed by atoms with Crippen molar-refractivity contribution in [1.29, 1.82) is 0 Å². The molecular formula is C17H13Cl4N5O. The van der Waals surface area contributed by atoms with Crippen molar-refractivity contribution >= 4 is 63.9 Å². The molecule has 0 unspecified atom stereocenters. The predicted octanol–water partition coefficient (Wildman–Crippen LogP) is 5.94. The van der Waals surface area contributed by atoms with Gasteiger partial charge in [-0.3, -0.25) is 16.2 Å². The van der Waals surface area contributed by atoms with Crippen LogP contribution in [0.4, 0.5) is 16.3 Å². The molecule has 2 aromatic carbocycles. The Hall–Kier alpha value is -2.12. The number of anilines is 2. The summed E-state index contributed by atoms with van der Waals surface area (Å²) in [7, 11) is 0. The first-order chi connectivity index (χ1) is 12.9. The van der Waals surface area contributed by atoms with Gasteiger partial charge >= 0.3 is 6.03 Å². The van der Waals surface area contributed by atoms with Crippen LogP contribution in [0.2, 0.25) is 20.1 Å². The summed E-state index contributed by atoms with van der Waals surface area (Å²) < 4.78 is 1.55. The minimum Gasteiger partial charge on any atom is -0.294 e. The lowest BCUT2D eigenvalue weighted by Gasteiger charge is -2.11. The summed E-state index contributed by atoms with van der Waals surface area (Å²) >= 11 is 24.5. The molecule has 140 valence electrons. The molecule has 2 amide bonds. The van der Waals surface area contributed by atoms with Gasteiger partial charge in [0.05, 0.1) is 25.8 Å². The first-order valence-corrected chi connectivity index (χ1v) is 9.16. The van der Waals surface area contributed by atoms with E-state index in [4.69, 9.17) is 46.4 Å². The molecule has 6 nitrogen and oxygen atoms in total. The van der Waals surface area contributed by atoms with E-state index < -0.39 is 6.03 Å². The number of hydrogen-bond acceptors (Lipinski definition) is 3. The molecule has 0 radical (unpaired) electrons. The minimum absolute atomic E-state index is 0.313. The van der Waals surface area contributed by atoms with Crippen LogP contribution in [0.1, 0.15) is 5.69 Å². The van der Waals surface area contributed by atoms with Crippen LogP contribution in [-0.2, 0) is 0 Å². The highest BCUT2D eigenvalue weighted by atomic mass is 35.5. The Bertz CT molecular complexity index is 964. The maximum absolute atomic E-state index is 12.1. The van der Waals surface area contributed by atoms with Gasteiger partial charge in [-0.2, -0.15) is 0 Å². The van der Waals surface area contributed by atoms with E-state index >= 15 is 0 Å². The zero-order valence-electron chi connectivity index (χ0n) is 13.9. The lowest BCUT2D eigenvalue weighted by atomic mass is 10.3. The Morgan fingerprint density at radius 3 is 2.11 bits per heavy atom. The number of aryl methyl sites for hydroxylation is 1. The highest BCUT2D eigenvalue weighted by Crippen LogP contribution is 2.30. The molecule has 27 heavy (non-hydrogen) atoms. The molecule has 3 N–H and O–H groups in total. The smallest absolute Gasteiger partial charge is 0.294 e. The second-order valence-corrected chi connectivity index (χ2v) is 7.08. The normalized spacial score (nSPS) is 10.6. The summed E-state index contributed by atoms with van der Waals surface area (Å²) in [4.78, 5) is 12.1. The second kappa shape index (κ2) is 8.27. The third-order valence-corrected chi connectivity index (χ3v) is 4.78. The first kappa shape index (κ1) is 19.6. The lowest BCUT2D eigenvalue weighted by Crippen LogP contribution is -2.34. The van der Waals surface area contributed by atoms with Gasteiger partial charge in [0.2, 0.25) is 0 Å². The monoisotopic (exact) mass is 443 g/mol. The van der Waals surface area contributed by atoms with Gasteiger partial charge < -0.3 is 0 Å². The van der Waals surface area contributed by atoms with E-state index in [1.807, 2.05) is 6.92 Å². The van der Waals surface area contributed by atoms with Crippen molar-refractivity contribution in [2.24, 2.45) is 0 Å².